The molecule has 6 saturated carbocycles. The van der Waals surface area contributed by atoms with Gasteiger partial charge in [-0.1, -0.05) is 29.8 Å². The van der Waals surface area contributed by atoms with Crippen molar-refractivity contribution in [3.8, 4) is 0 Å². The van der Waals surface area contributed by atoms with Gasteiger partial charge in [-0.15, -0.1) is 11.3 Å². The maximum Gasteiger partial charge on any atom is 0.338 e. The zero-order valence-electron chi connectivity index (χ0n) is 18.1. The maximum atomic E-state index is 13.5. The zero-order valence-corrected chi connectivity index (χ0v) is 19.6. The van der Waals surface area contributed by atoms with Gasteiger partial charge in [0.2, 0.25) is 0 Å². The van der Waals surface area contributed by atoms with Crippen molar-refractivity contribution in [2.24, 2.45) is 51.3 Å². The topological polar surface area (TPSA) is 101 Å². The summed E-state index contributed by atoms with van der Waals surface area (Å²) >= 11 is 8.09. The fourth-order valence-corrected chi connectivity index (χ4v) is 9.97. The number of esters is 1. The van der Waals surface area contributed by atoms with Crippen LogP contribution in [0.1, 0.15) is 23.5 Å². The third-order valence-corrected chi connectivity index (χ3v) is 10.9. The summed E-state index contributed by atoms with van der Waals surface area (Å²) < 4.78 is 5.55. The van der Waals surface area contributed by atoms with Crippen LogP contribution in [0, 0.1) is 46.3 Å². The van der Waals surface area contributed by atoms with Gasteiger partial charge in [0.1, 0.15) is 6.04 Å². The molecule has 2 heterocycles. The van der Waals surface area contributed by atoms with Gasteiger partial charge in [0.05, 0.1) is 17.6 Å². The van der Waals surface area contributed by atoms with Crippen LogP contribution in [-0.4, -0.2) is 34.5 Å². The molecule has 6 aliphatic carbocycles. The third kappa shape index (κ3) is 1.68. The SMILES string of the molecule is CCOC(=O)C1=C(C23C4C5C2C2C3C4C52C(=O)O)NC(c2nccs2)=N[C@@H]1c1ccccc1Cl. The molecule has 0 unspecified atom stereocenters. The van der Waals surface area contributed by atoms with Gasteiger partial charge < -0.3 is 15.2 Å². The number of aliphatic imine (C=N–C) groups is 1. The van der Waals surface area contributed by atoms with Gasteiger partial charge in [0.25, 0.3) is 0 Å². The minimum Gasteiger partial charge on any atom is -0.481 e. The van der Waals surface area contributed by atoms with E-state index in [-0.39, 0.29) is 29.8 Å². The van der Waals surface area contributed by atoms with Crippen LogP contribution in [0.4, 0.5) is 0 Å². The van der Waals surface area contributed by atoms with Crippen molar-refractivity contribution in [3.05, 3.63) is 62.7 Å². The number of amidine groups is 1. The quantitative estimate of drug-likeness (QED) is 0.597. The molecule has 0 amide bonds. The van der Waals surface area contributed by atoms with Crippen LogP contribution < -0.4 is 5.32 Å². The number of hydrogen-bond acceptors (Lipinski definition) is 7. The van der Waals surface area contributed by atoms with E-state index in [0.29, 0.717) is 34.2 Å². The van der Waals surface area contributed by atoms with Crippen LogP contribution in [0.2, 0.25) is 5.02 Å². The lowest BCUT2D eigenvalue weighted by Gasteiger charge is -3.10. The summed E-state index contributed by atoms with van der Waals surface area (Å²) in [7, 11) is 0. The second kappa shape index (κ2) is 5.91. The van der Waals surface area contributed by atoms with Crippen molar-refractivity contribution in [3.63, 3.8) is 0 Å². The smallest absolute Gasteiger partial charge is 0.338 e. The van der Waals surface area contributed by atoms with Crippen LogP contribution >= 0.6 is 22.9 Å². The molecule has 34 heavy (non-hydrogen) atoms. The summed E-state index contributed by atoms with van der Waals surface area (Å²) in [6, 6.07) is 6.84. The number of thiazole rings is 1. The Labute approximate surface area is 203 Å². The monoisotopic (exact) mass is 493 g/mol. The van der Waals surface area contributed by atoms with E-state index in [1.807, 2.05) is 23.6 Å². The Balaban J connectivity index is 1.30. The van der Waals surface area contributed by atoms with Crippen molar-refractivity contribution in [1.29, 1.82) is 0 Å². The van der Waals surface area contributed by atoms with E-state index in [0.717, 1.165) is 16.3 Å². The molecule has 7 nitrogen and oxygen atoms in total. The molecule has 9 heteroatoms. The average molecular weight is 494 g/mol. The second-order valence-corrected chi connectivity index (χ2v) is 11.5. The minimum atomic E-state index is -0.625. The molecule has 0 bridgehead atoms. The number of carbonyl (C=O) groups excluding carboxylic acids is 1. The van der Waals surface area contributed by atoms with Gasteiger partial charge >= 0.3 is 11.9 Å². The molecule has 7 aliphatic rings. The molecule has 172 valence electrons. The van der Waals surface area contributed by atoms with Gasteiger partial charge in [-0.3, -0.25) is 9.79 Å². The Hall–Kier alpha value is -2.71. The largest absolute Gasteiger partial charge is 0.481 e. The van der Waals surface area contributed by atoms with E-state index in [1.54, 1.807) is 19.2 Å². The number of allylic oxidation sites excluding steroid dienone is 1. The van der Waals surface area contributed by atoms with Crippen LogP contribution in [0.5, 0.6) is 0 Å². The van der Waals surface area contributed by atoms with Gasteiger partial charge in [-0.05, 0) is 48.5 Å². The van der Waals surface area contributed by atoms with Gasteiger partial charge in [0, 0.05) is 33.3 Å². The lowest BCUT2D eigenvalue weighted by molar-refractivity contribution is -0.633. The van der Waals surface area contributed by atoms with Crippen LogP contribution in [-0.2, 0) is 14.3 Å². The maximum absolute atomic E-state index is 13.5. The van der Waals surface area contributed by atoms with Gasteiger partial charge in [-0.2, -0.15) is 0 Å². The Bertz CT molecular complexity index is 1330. The first kappa shape index (κ1) is 19.6. The number of carboxylic acids is 1. The third-order valence-electron chi connectivity index (χ3n) is 9.81. The summed E-state index contributed by atoms with van der Waals surface area (Å²) in [4.78, 5) is 34.9. The number of carboxylic acid groups (broad SMARTS) is 1. The average Bonchev–Trinajstić information content (AvgIpc) is 3.38. The molecule has 1 aromatic carbocycles. The number of aliphatic carboxylic acids is 1. The lowest BCUT2D eigenvalue weighted by Crippen LogP contribution is -3.11. The Morgan fingerprint density at radius 2 is 1.88 bits per heavy atom. The highest BCUT2D eigenvalue weighted by atomic mass is 35.5. The molecule has 1 atom stereocenters. The Kier molecular flexibility index (Phi) is 3.41. The fourth-order valence-electron chi connectivity index (χ4n) is 9.14. The number of ether oxygens (including phenoxy) is 1. The molecule has 1 aromatic heterocycles. The van der Waals surface area contributed by atoms with E-state index in [2.05, 4.69) is 10.3 Å². The molecule has 1 aliphatic heterocycles. The zero-order chi connectivity index (χ0) is 23.1. The fraction of sp³-hybridized carbons (Fsp3) is 0.440. The summed E-state index contributed by atoms with van der Waals surface area (Å²) in [6.07, 6.45) is 1.74. The molecule has 0 spiro atoms. The molecule has 6 fully saturated rings. The number of halogens is 1. The number of carbonyl (C=O) groups is 2. The van der Waals surface area contributed by atoms with E-state index in [4.69, 9.17) is 21.3 Å². The van der Waals surface area contributed by atoms with E-state index < -0.39 is 23.4 Å². The van der Waals surface area contributed by atoms with E-state index >= 15 is 0 Å². The number of benzene rings is 1. The molecule has 2 aromatic rings. The highest BCUT2D eigenvalue weighted by molar-refractivity contribution is 7.11. The first-order valence-corrected chi connectivity index (χ1v) is 12.9. The van der Waals surface area contributed by atoms with Crippen molar-refractivity contribution in [2.75, 3.05) is 6.61 Å². The highest BCUT2D eigenvalue weighted by Crippen LogP contribution is 3.11. The van der Waals surface area contributed by atoms with Crippen LogP contribution in [0.25, 0.3) is 0 Å². The predicted octanol–water partition coefficient (Wildman–Crippen LogP) is 3.53. The summed E-state index contributed by atoms with van der Waals surface area (Å²) in [5.74, 6) is 1.29. The first-order valence-electron chi connectivity index (χ1n) is 11.6. The Morgan fingerprint density at radius 3 is 2.47 bits per heavy atom. The van der Waals surface area contributed by atoms with Crippen molar-refractivity contribution < 1.29 is 19.4 Å². The van der Waals surface area contributed by atoms with E-state index in [9.17, 15) is 14.7 Å². The summed E-state index contributed by atoms with van der Waals surface area (Å²) in [5.41, 5.74) is 1.49. The van der Waals surface area contributed by atoms with Gasteiger partial charge in [0.15, 0.2) is 10.8 Å². The second-order valence-electron chi connectivity index (χ2n) is 10.2. The van der Waals surface area contributed by atoms with Crippen molar-refractivity contribution >= 4 is 40.7 Å². The normalized spacial score (nSPS) is 43.1. The first-order chi connectivity index (χ1) is 16.5. The van der Waals surface area contributed by atoms with Gasteiger partial charge in [-0.25, -0.2) is 9.78 Å². The number of nitrogens with zero attached hydrogens (tertiary/aromatic N) is 2. The molecule has 0 radical (unpaired) electrons. The number of aromatic nitrogens is 1. The molecule has 0 saturated heterocycles. The number of nitrogens with one attached hydrogen (secondary N) is 1. The van der Waals surface area contributed by atoms with E-state index in [1.165, 1.54) is 11.3 Å². The number of hydrogen-bond donors (Lipinski definition) is 2. The summed E-state index contributed by atoms with van der Waals surface area (Å²) in [5, 5.41) is 16.6. The standard InChI is InChI=1S/C25H20ClN3O4S/c1-2-33-22(30)11-18(9-5-3-4-6-10(9)26)28-20(21-27-7-8-34-21)29-19(11)24-12-15-13(24)17-14(24)16(12)25(15,17)23(31)32/h3-8,12-18H,2H2,1H3,(H,28,29)(H,31,32)/t12?,13?,14?,15?,16?,17?,18-,24?,25?/m1/s1. The molecule has 9 rings (SSSR count). The van der Waals surface area contributed by atoms with Crippen LogP contribution in [0.15, 0.2) is 52.1 Å². The van der Waals surface area contributed by atoms with Crippen LogP contribution in [0.3, 0.4) is 0 Å². The minimum absolute atomic E-state index is 0.169. The molecule has 2 N–H and O–H groups in total. The molecular formula is C25H20ClN3O4S. The molecular weight excluding hydrogens is 474 g/mol. The predicted molar refractivity (Wildman–Crippen MR) is 123 cm³/mol. The Morgan fingerprint density at radius 1 is 1.18 bits per heavy atom. The summed E-state index contributed by atoms with van der Waals surface area (Å²) in [6.45, 7) is 2.05. The van der Waals surface area contributed by atoms with Crippen molar-refractivity contribution in [1.82, 2.24) is 10.3 Å². The highest BCUT2D eigenvalue weighted by Gasteiger charge is 3.12. The number of rotatable bonds is 6. The van der Waals surface area contributed by atoms with Crippen molar-refractivity contribution in [2.45, 2.75) is 13.0 Å². The lowest BCUT2D eigenvalue weighted by atomic mass is 8.92.